The van der Waals surface area contributed by atoms with Crippen molar-refractivity contribution < 1.29 is 4.39 Å². The van der Waals surface area contributed by atoms with E-state index in [0.717, 1.165) is 29.4 Å². The van der Waals surface area contributed by atoms with Gasteiger partial charge in [0.05, 0.1) is 5.56 Å². The lowest BCUT2D eigenvalue weighted by molar-refractivity contribution is 0.289. The first-order chi connectivity index (χ1) is 16.4. The second-order valence-electron chi connectivity index (χ2n) is 9.96. The molecule has 1 saturated carbocycles. The Balaban J connectivity index is 1.41. The zero-order valence-electron chi connectivity index (χ0n) is 20.8. The minimum atomic E-state index is -0.335. The van der Waals surface area contributed by atoms with Crippen molar-refractivity contribution in [3.8, 4) is 23.7 Å². The maximum Gasteiger partial charge on any atom is 0.140 e. The summed E-state index contributed by atoms with van der Waals surface area (Å²) in [5.41, 5.74) is 8.01. The summed E-state index contributed by atoms with van der Waals surface area (Å²) < 4.78 is 14.6. The molecule has 0 amide bonds. The van der Waals surface area contributed by atoms with Crippen LogP contribution < -0.4 is 0 Å². The number of benzene rings is 3. The van der Waals surface area contributed by atoms with Gasteiger partial charge in [0.1, 0.15) is 5.82 Å². The number of hydrogen-bond acceptors (Lipinski definition) is 0. The molecular formula is C33H33F. The molecule has 0 saturated heterocycles. The summed E-state index contributed by atoms with van der Waals surface area (Å²) in [6, 6.07) is 17.6. The molecule has 4 rings (SSSR count). The number of rotatable bonds is 2. The van der Waals surface area contributed by atoms with E-state index in [1.165, 1.54) is 54.0 Å². The van der Waals surface area contributed by atoms with E-state index in [9.17, 15) is 4.39 Å². The molecule has 3 aromatic carbocycles. The van der Waals surface area contributed by atoms with Gasteiger partial charge in [-0.2, -0.15) is 0 Å². The fraction of sp³-hybridized carbons (Fsp3) is 0.333. The van der Waals surface area contributed by atoms with E-state index in [2.05, 4.69) is 87.8 Å². The summed E-state index contributed by atoms with van der Waals surface area (Å²) in [6.45, 7) is 8.65. The second kappa shape index (κ2) is 10.8. The molecule has 1 aliphatic carbocycles. The topological polar surface area (TPSA) is 0 Å². The molecule has 0 unspecified atom stereocenters. The van der Waals surface area contributed by atoms with Gasteiger partial charge in [0.2, 0.25) is 0 Å². The van der Waals surface area contributed by atoms with E-state index in [0.29, 0.717) is 11.1 Å². The molecule has 1 heteroatoms. The Kier molecular flexibility index (Phi) is 7.55. The predicted molar refractivity (Wildman–Crippen MR) is 140 cm³/mol. The zero-order valence-corrected chi connectivity index (χ0v) is 20.8. The standard InChI is InChI=1S/C33H33F/c1-23-5-7-28(8-6-23)21-29-11-9-27(10-12-29)15-17-32-18-16-30(22-33(32)34)13-14-31-19-24(2)26(4)25(3)20-31/h9-12,16,18-20,22-23,28H,5-8,21H2,1-4H3. The van der Waals surface area contributed by atoms with Crippen LogP contribution in [0.1, 0.15) is 77.1 Å². The lowest BCUT2D eigenvalue weighted by Crippen LogP contribution is -2.14. The van der Waals surface area contributed by atoms with Gasteiger partial charge in [0, 0.05) is 16.7 Å². The molecule has 0 nitrogen and oxygen atoms in total. The first kappa shape index (κ1) is 23.9. The van der Waals surface area contributed by atoms with Crippen molar-refractivity contribution in [1.29, 1.82) is 0 Å². The Morgan fingerprint density at radius 2 is 1.29 bits per heavy atom. The Labute approximate surface area is 204 Å². The summed E-state index contributed by atoms with van der Waals surface area (Å²) in [5.74, 6) is 13.7. The molecule has 0 N–H and O–H groups in total. The Hall–Kier alpha value is -3.29. The Bertz CT molecular complexity index is 1260. The third kappa shape index (κ3) is 6.18. The van der Waals surface area contributed by atoms with Crippen LogP contribution in [0.2, 0.25) is 0 Å². The van der Waals surface area contributed by atoms with Crippen LogP contribution in [0.5, 0.6) is 0 Å². The smallest absolute Gasteiger partial charge is 0.140 e. The summed E-state index contributed by atoms with van der Waals surface area (Å²) >= 11 is 0. The highest BCUT2D eigenvalue weighted by molar-refractivity contribution is 5.50. The minimum absolute atomic E-state index is 0.335. The first-order valence-corrected chi connectivity index (χ1v) is 12.4. The molecule has 0 aliphatic heterocycles. The summed E-state index contributed by atoms with van der Waals surface area (Å²) in [5, 5.41) is 0. The summed E-state index contributed by atoms with van der Waals surface area (Å²) in [6.07, 6.45) is 6.55. The monoisotopic (exact) mass is 448 g/mol. The van der Waals surface area contributed by atoms with Crippen molar-refractivity contribution in [2.24, 2.45) is 11.8 Å². The molecular weight excluding hydrogens is 415 g/mol. The van der Waals surface area contributed by atoms with Crippen molar-refractivity contribution in [3.63, 3.8) is 0 Å². The molecule has 172 valence electrons. The molecule has 0 bridgehead atoms. The average molecular weight is 449 g/mol. The van der Waals surface area contributed by atoms with Crippen LogP contribution in [0.15, 0.2) is 54.6 Å². The molecule has 0 atom stereocenters. The fourth-order valence-corrected chi connectivity index (χ4v) is 4.68. The van der Waals surface area contributed by atoms with Crippen molar-refractivity contribution in [2.75, 3.05) is 0 Å². The van der Waals surface area contributed by atoms with E-state index in [-0.39, 0.29) is 5.82 Å². The van der Waals surface area contributed by atoms with Gasteiger partial charge >= 0.3 is 0 Å². The van der Waals surface area contributed by atoms with Crippen LogP contribution in [0, 0.1) is 62.1 Å². The third-order valence-corrected chi connectivity index (χ3v) is 7.20. The number of hydrogen-bond donors (Lipinski definition) is 0. The molecule has 1 aliphatic rings. The van der Waals surface area contributed by atoms with Crippen LogP contribution >= 0.6 is 0 Å². The van der Waals surface area contributed by atoms with Gasteiger partial charge in [0.15, 0.2) is 0 Å². The molecule has 34 heavy (non-hydrogen) atoms. The number of halogens is 1. The SMILES string of the molecule is Cc1cc(C#Cc2ccc(C#Cc3ccc(CC4CCC(C)CC4)cc3)c(F)c2)cc(C)c1C. The van der Waals surface area contributed by atoms with Gasteiger partial charge in [-0.3, -0.25) is 0 Å². The highest BCUT2D eigenvalue weighted by Crippen LogP contribution is 2.30. The molecule has 3 aromatic rings. The largest absolute Gasteiger partial charge is 0.206 e. The van der Waals surface area contributed by atoms with Gasteiger partial charge in [-0.15, -0.1) is 0 Å². The van der Waals surface area contributed by atoms with Crippen molar-refractivity contribution in [1.82, 2.24) is 0 Å². The molecule has 0 radical (unpaired) electrons. The lowest BCUT2D eigenvalue weighted by atomic mass is 9.80. The first-order valence-electron chi connectivity index (χ1n) is 12.4. The normalized spacial score (nSPS) is 17.3. The minimum Gasteiger partial charge on any atom is -0.206 e. The Morgan fingerprint density at radius 3 is 1.94 bits per heavy atom. The maximum absolute atomic E-state index is 14.6. The molecule has 0 aromatic heterocycles. The molecule has 1 fully saturated rings. The van der Waals surface area contributed by atoms with Crippen molar-refractivity contribution in [2.45, 2.75) is 59.8 Å². The van der Waals surface area contributed by atoms with Gasteiger partial charge < -0.3 is 0 Å². The van der Waals surface area contributed by atoms with Crippen LogP contribution in [0.4, 0.5) is 4.39 Å². The molecule has 0 heterocycles. The lowest BCUT2D eigenvalue weighted by Gasteiger charge is -2.26. The highest BCUT2D eigenvalue weighted by atomic mass is 19.1. The van der Waals surface area contributed by atoms with Crippen LogP contribution in [-0.4, -0.2) is 0 Å². The van der Waals surface area contributed by atoms with Crippen LogP contribution in [0.25, 0.3) is 0 Å². The van der Waals surface area contributed by atoms with E-state index in [4.69, 9.17) is 0 Å². The highest BCUT2D eigenvalue weighted by Gasteiger charge is 2.18. The van der Waals surface area contributed by atoms with Gasteiger partial charge in [-0.05, 0) is 117 Å². The predicted octanol–water partition coefficient (Wildman–Crippen LogP) is 7.92. The van der Waals surface area contributed by atoms with E-state index in [1.807, 2.05) is 6.07 Å². The van der Waals surface area contributed by atoms with Crippen molar-refractivity contribution in [3.05, 3.63) is 105 Å². The summed E-state index contributed by atoms with van der Waals surface area (Å²) in [4.78, 5) is 0. The number of aryl methyl sites for hydroxylation is 2. The zero-order chi connectivity index (χ0) is 24.1. The second-order valence-corrected chi connectivity index (χ2v) is 9.96. The van der Waals surface area contributed by atoms with Gasteiger partial charge in [-0.1, -0.05) is 55.6 Å². The summed E-state index contributed by atoms with van der Waals surface area (Å²) in [7, 11) is 0. The van der Waals surface area contributed by atoms with E-state index < -0.39 is 0 Å². The maximum atomic E-state index is 14.6. The molecule has 0 spiro atoms. The van der Waals surface area contributed by atoms with Gasteiger partial charge in [0.25, 0.3) is 0 Å². The Morgan fingerprint density at radius 1 is 0.706 bits per heavy atom. The average Bonchev–Trinajstić information content (AvgIpc) is 2.83. The quantitative estimate of drug-likeness (QED) is 0.349. The van der Waals surface area contributed by atoms with E-state index in [1.54, 1.807) is 6.07 Å². The van der Waals surface area contributed by atoms with Crippen LogP contribution in [0.3, 0.4) is 0 Å². The van der Waals surface area contributed by atoms with Gasteiger partial charge in [-0.25, -0.2) is 4.39 Å². The van der Waals surface area contributed by atoms with E-state index >= 15 is 0 Å². The van der Waals surface area contributed by atoms with Crippen molar-refractivity contribution >= 4 is 0 Å². The third-order valence-electron chi connectivity index (χ3n) is 7.20. The van der Waals surface area contributed by atoms with Crippen LogP contribution in [-0.2, 0) is 6.42 Å². The fourth-order valence-electron chi connectivity index (χ4n) is 4.68.